The van der Waals surface area contributed by atoms with Gasteiger partial charge < -0.3 is 9.47 Å². The lowest BCUT2D eigenvalue weighted by atomic mass is 10.0. The van der Waals surface area contributed by atoms with E-state index in [4.69, 9.17) is 32.7 Å². The normalized spacial score (nSPS) is 11.2. The second-order valence-electron chi connectivity index (χ2n) is 6.68. The van der Waals surface area contributed by atoms with Gasteiger partial charge in [0.25, 0.3) is 0 Å². The van der Waals surface area contributed by atoms with Crippen molar-refractivity contribution in [1.29, 1.82) is 0 Å². The first-order valence-corrected chi connectivity index (χ1v) is 10.2. The molecule has 0 fully saturated rings. The van der Waals surface area contributed by atoms with Crippen LogP contribution in [0.3, 0.4) is 0 Å². The minimum atomic E-state index is 0.331. The minimum Gasteiger partial charge on any atom is -0.497 e. The van der Waals surface area contributed by atoms with Gasteiger partial charge in [0.05, 0.1) is 12.8 Å². The Morgan fingerprint density at radius 2 is 1.70 bits per heavy atom. The van der Waals surface area contributed by atoms with E-state index in [0.717, 1.165) is 39.1 Å². The van der Waals surface area contributed by atoms with E-state index in [1.54, 1.807) is 19.2 Å². The van der Waals surface area contributed by atoms with Crippen LogP contribution in [0.4, 0.5) is 5.69 Å². The number of aliphatic imine (C=N–C) groups is 1. The molecule has 0 aliphatic heterocycles. The zero-order valence-electron chi connectivity index (χ0n) is 16.3. The van der Waals surface area contributed by atoms with E-state index in [9.17, 15) is 0 Å². The van der Waals surface area contributed by atoms with Gasteiger partial charge in [0, 0.05) is 27.4 Å². The predicted octanol–water partition coefficient (Wildman–Crippen LogP) is 7.48. The van der Waals surface area contributed by atoms with Crippen LogP contribution in [-0.2, 0) is 6.61 Å². The van der Waals surface area contributed by atoms with E-state index in [0.29, 0.717) is 16.7 Å². The molecule has 0 aliphatic rings. The van der Waals surface area contributed by atoms with Crippen LogP contribution in [-0.4, -0.2) is 13.3 Å². The van der Waals surface area contributed by atoms with Crippen molar-refractivity contribution in [3.63, 3.8) is 0 Å². The quantitative estimate of drug-likeness (QED) is 0.293. The van der Waals surface area contributed by atoms with Crippen LogP contribution in [0.15, 0.2) is 83.9 Å². The van der Waals surface area contributed by atoms with Crippen molar-refractivity contribution in [1.82, 2.24) is 0 Å². The van der Waals surface area contributed by atoms with E-state index in [1.165, 1.54) is 0 Å². The molecule has 0 unspecified atom stereocenters. The first-order chi connectivity index (χ1) is 14.6. The molecule has 5 heteroatoms. The summed E-state index contributed by atoms with van der Waals surface area (Å²) in [4.78, 5) is 4.64. The smallest absolute Gasteiger partial charge is 0.129 e. The number of rotatable bonds is 6. The van der Waals surface area contributed by atoms with E-state index < -0.39 is 0 Å². The van der Waals surface area contributed by atoms with Crippen molar-refractivity contribution in [3.05, 3.63) is 100 Å². The Kier molecular flexibility index (Phi) is 6.22. The van der Waals surface area contributed by atoms with Crippen molar-refractivity contribution in [3.8, 4) is 11.5 Å². The molecule has 0 amide bonds. The number of halogens is 2. The van der Waals surface area contributed by atoms with Gasteiger partial charge in [-0.25, -0.2) is 0 Å². The number of hydrogen-bond donors (Lipinski definition) is 0. The molecule has 0 atom stereocenters. The Hall–Kier alpha value is -3.01. The van der Waals surface area contributed by atoms with Crippen molar-refractivity contribution >= 4 is 45.9 Å². The number of fused-ring (bicyclic) bond motifs is 1. The third-order valence-corrected chi connectivity index (χ3v) is 5.33. The molecule has 0 aromatic heterocycles. The Balaban J connectivity index is 1.67. The minimum absolute atomic E-state index is 0.331. The van der Waals surface area contributed by atoms with E-state index >= 15 is 0 Å². The highest BCUT2D eigenvalue weighted by atomic mass is 35.5. The monoisotopic (exact) mass is 435 g/mol. The summed E-state index contributed by atoms with van der Waals surface area (Å²) in [5.74, 6) is 1.53. The SMILES string of the molecule is COc1ccc(N=Cc2c(OCc3ccc(Cl)cc3Cl)ccc3ccccc23)cc1. The molecule has 4 aromatic rings. The number of benzene rings is 4. The average Bonchev–Trinajstić information content (AvgIpc) is 2.77. The van der Waals surface area contributed by atoms with Gasteiger partial charge in [0.2, 0.25) is 0 Å². The molecule has 0 heterocycles. The molecule has 4 rings (SSSR count). The molecular formula is C25H19Cl2NO2. The number of ether oxygens (including phenoxy) is 2. The van der Waals surface area contributed by atoms with Crippen molar-refractivity contribution in [2.24, 2.45) is 4.99 Å². The average molecular weight is 436 g/mol. The fourth-order valence-electron chi connectivity index (χ4n) is 3.14. The molecule has 150 valence electrons. The summed E-state index contributed by atoms with van der Waals surface area (Å²) >= 11 is 12.3. The topological polar surface area (TPSA) is 30.8 Å². The van der Waals surface area contributed by atoms with Gasteiger partial charge >= 0.3 is 0 Å². The first kappa shape index (κ1) is 20.3. The summed E-state index contributed by atoms with van der Waals surface area (Å²) in [5.41, 5.74) is 2.61. The summed E-state index contributed by atoms with van der Waals surface area (Å²) in [7, 11) is 1.64. The van der Waals surface area contributed by atoms with Crippen LogP contribution in [0.2, 0.25) is 10.0 Å². The zero-order valence-corrected chi connectivity index (χ0v) is 17.8. The highest BCUT2D eigenvalue weighted by Crippen LogP contribution is 2.29. The van der Waals surface area contributed by atoms with E-state index in [1.807, 2.05) is 60.8 Å². The van der Waals surface area contributed by atoms with Crippen LogP contribution in [0.5, 0.6) is 11.5 Å². The lowest BCUT2D eigenvalue weighted by molar-refractivity contribution is 0.306. The van der Waals surface area contributed by atoms with E-state index in [-0.39, 0.29) is 0 Å². The van der Waals surface area contributed by atoms with Crippen LogP contribution in [0, 0.1) is 0 Å². The highest BCUT2D eigenvalue weighted by Gasteiger charge is 2.09. The van der Waals surface area contributed by atoms with Crippen LogP contribution in [0.1, 0.15) is 11.1 Å². The largest absolute Gasteiger partial charge is 0.497 e. The summed E-state index contributed by atoms with van der Waals surface area (Å²) < 4.78 is 11.3. The molecule has 0 spiro atoms. The van der Waals surface area contributed by atoms with Crippen LogP contribution in [0.25, 0.3) is 10.8 Å². The second-order valence-corrected chi connectivity index (χ2v) is 7.52. The second kappa shape index (κ2) is 9.21. The molecule has 0 aliphatic carbocycles. The standard InChI is InChI=1S/C25H19Cl2NO2/c1-29-21-11-9-20(10-12-21)28-15-23-22-5-3-2-4-17(22)7-13-25(23)30-16-18-6-8-19(26)14-24(18)27/h2-15H,16H2,1H3. The summed E-state index contributed by atoms with van der Waals surface area (Å²) in [6.07, 6.45) is 1.84. The van der Waals surface area contributed by atoms with Gasteiger partial charge in [-0.05, 0) is 53.2 Å². The summed E-state index contributed by atoms with van der Waals surface area (Å²) in [5, 5.41) is 3.36. The van der Waals surface area contributed by atoms with Gasteiger partial charge in [-0.15, -0.1) is 0 Å². The van der Waals surface area contributed by atoms with Gasteiger partial charge in [-0.3, -0.25) is 4.99 Å². The van der Waals surface area contributed by atoms with Crippen molar-refractivity contribution in [2.75, 3.05) is 7.11 Å². The fraction of sp³-hybridized carbons (Fsp3) is 0.0800. The molecule has 4 aromatic carbocycles. The lowest BCUT2D eigenvalue weighted by Gasteiger charge is -2.13. The molecule has 0 saturated heterocycles. The van der Waals surface area contributed by atoms with Crippen LogP contribution >= 0.6 is 23.2 Å². The number of nitrogens with zero attached hydrogens (tertiary/aromatic N) is 1. The predicted molar refractivity (Wildman–Crippen MR) is 125 cm³/mol. The van der Waals surface area contributed by atoms with Crippen molar-refractivity contribution in [2.45, 2.75) is 6.61 Å². The summed E-state index contributed by atoms with van der Waals surface area (Å²) in [6, 6.07) is 25.1. The van der Waals surface area contributed by atoms with Gasteiger partial charge in [-0.1, -0.05) is 59.6 Å². The van der Waals surface area contributed by atoms with Crippen molar-refractivity contribution < 1.29 is 9.47 Å². The number of methoxy groups -OCH3 is 1. The maximum absolute atomic E-state index is 6.30. The Bertz CT molecular complexity index is 1200. The molecule has 3 nitrogen and oxygen atoms in total. The highest BCUT2D eigenvalue weighted by molar-refractivity contribution is 6.35. The molecular weight excluding hydrogens is 417 g/mol. The zero-order chi connectivity index (χ0) is 20.9. The fourth-order valence-corrected chi connectivity index (χ4v) is 3.60. The molecule has 30 heavy (non-hydrogen) atoms. The maximum Gasteiger partial charge on any atom is 0.129 e. The molecule has 0 saturated carbocycles. The third-order valence-electron chi connectivity index (χ3n) is 4.74. The third kappa shape index (κ3) is 4.59. The Morgan fingerprint density at radius 3 is 2.47 bits per heavy atom. The van der Waals surface area contributed by atoms with Gasteiger partial charge in [0.1, 0.15) is 18.1 Å². The Labute approximate surface area is 185 Å². The number of hydrogen-bond acceptors (Lipinski definition) is 3. The van der Waals surface area contributed by atoms with E-state index in [2.05, 4.69) is 17.1 Å². The Morgan fingerprint density at radius 1 is 0.900 bits per heavy atom. The van der Waals surface area contributed by atoms with Gasteiger partial charge in [0.15, 0.2) is 0 Å². The lowest BCUT2D eigenvalue weighted by Crippen LogP contribution is -2.00. The first-order valence-electron chi connectivity index (χ1n) is 9.40. The maximum atomic E-state index is 6.30. The molecule has 0 N–H and O–H groups in total. The van der Waals surface area contributed by atoms with Gasteiger partial charge in [-0.2, -0.15) is 0 Å². The molecule has 0 bridgehead atoms. The summed E-state index contributed by atoms with van der Waals surface area (Å²) in [6.45, 7) is 0.331. The van der Waals surface area contributed by atoms with Crippen LogP contribution < -0.4 is 9.47 Å². The molecule has 0 radical (unpaired) electrons.